The minimum atomic E-state index is -0.592. The van der Waals surface area contributed by atoms with Gasteiger partial charge < -0.3 is 4.74 Å². The van der Waals surface area contributed by atoms with Crippen LogP contribution in [-0.2, 0) is 20.4 Å². The van der Waals surface area contributed by atoms with Crippen LogP contribution in [0.5, 0.6) is 0 Å². The third-order valence-electron chi connectivity index (χ3n) is 3.17. The molecule has 0 saturated heterocycles. The number of hydrogen-bond acceptors (Lipinski definition) is 2. The fourth-order valence-corrected chi connectivity index (χ4v) is 1.76. The van der Waals surface area contributed by atoms with Gasteiger partial charge in [0.05, 0.1) is 12.5 Å². The van der Waals surface area contributed by atoms with Gasteiger partial charge in [0.25, 0.3) is 0 Å². The first-order valence-electron chi connectivity index (χ1n) is 5.89. The first-order valence-corrected chi connectivity index (χ1v) is 5.89. The van der Waals surface area contributed by atoms with Crippen molar-refractivity contribution >= 4 is 5.97 Å². The zero-order valence-corrected chi connectivity index (χ0v) is 11.6. The van der Waals surface area contributed by atoms with Crippen molar-refractivity contribution in [1.29, 1.82) is 0 Å². The first kappa shape index (κ1) is 13.8. The van der Waals surface area contributed by atoms with Crippen molar-refractivity contribution in [3.8, 4) is 0 Å². The van der Waals surface area contributed by atoms with Crippen LogP contribution in [0.2, 0.25) is 0 Å². The molecule has 0 saturated carbocycles. The Balaban J connectivity index is 3.07. The molecule has 0 aliphatic carbocycles. The molecule has 0 fully saturated rings. The van der Waals surface area contributed by atoms with Crippen LogP contribution in [0.25, 0.3) is 0 Å². The monoisotopic (exact) mass is 234 g/mol. The summed E-state index contributed by atoms with van der Waals surface area (Å²) in [7, 11) is 1.42. The van der Waals surface area contributed by atoms with E-state index >= 15 is 0 Å². The lowest BCUT2D eigenvalue weighted by Gasteiger charge is -2.24. The predicted molar refractivity (Wildman–Crippen MR) is 70.2 cm³/mol. The highest BCUT2D eigenvalue weighted by molar-refractivity contribution is 5.82. The molecular formula is C15H22O2. The van der Waals surface area contributed by atoms with Gasteiger partial charge in [-0.15, -0.1) is 0 Å². The summed E-state index contributed by atoms with van der Waals surface area (Å²) in [4.78, 5) is 11.7. The second kappa shape index (κ2) is 4.52. The van der Waals surface area contributed by atoms with Gasteiger partial charge in [0.15, 0.2) is 0 Å². The summed E-state index contributed by atoms with van der Waals surface area (Å²) in [6.45, 7) is 10.3. The molecule has 0 bridgehead atoms. The van der Waals surface area contributed by atoms with E-state index in [2.05, 4.69) is 32.9 Å². The SMILES string of the molecule is COC(=O)C(C)(C)c1ccc(C(C)(C)C)cc1. The van der Waals surface area contributed by atoms with E-state index < -0.39 is 5.41 Å². The summed E-state index contributed by atoms with van der Waals surface area (Å²) >= 11 is 0. The Labute approximate surface area is 104 Å². The Kier molecular flexibility index (Phi) is 3.65. The highest BCUT2D eigenvalue weighted by Gasteiger charge is 2.30. The van der Waals surface area contributed by atoms with Crippen LogP contribution in [0, 0.1) is 0 Å². The highest BCUT2D eigenvalue weighted by Crippen LogP contribution is 2.28. The Bertz CT molecular complexity index is 394. The van der Waals surface area contributed by atoms with Gasteiger partial charge in [-0.3, -0.25) is 4.79 Å². The molecule has 17 heavy (non-hydrogen) atoms. The molecule has 0 radical (unpaired) electrons. The lowest BCUT2D eigenvalue weighted by molar-refractivity contribution is -0.146. The smallest absolute Gasteiger partial charge is 0.315 e. The third-order valence-corrected chi connectivity index (χ3v) is 3.17. The molecule has 2 nitrogen and oxygen atoms in total. The molecule has 0 aliphatic rings. The second-order valence-corrected chi connectivity index (χ2v) is 5.94. The summed E-state index contributed by atoms with van der Waals surface area (Å²) in [5, 5.41) is 0. The zero-order valence-electron chi connectivity index (χ0n) is 11.6. The predicted octanol–water partition coefficient (Wildman–Crippen LogP) is 3.43. The summed E-state index contributed by atoms with van der Waals surface area (Å²) in [6.07, 6.45) is 0. The lowest BCUT2D eigenvalue weighted by Crippen LogP contribution is -2.30. The normalized spacial score (nSPS) is 12.4. The summed E-state index contributed by atoms with van der Waals surface area (Å²) in [5.41, 5.74) is 1.79. The van der Waals surface area contributed by atoms with Crippen LogP contribution in [0.4, 0.5) is 0 Å². The molecule has 0 spiro atoms. The molecule has 0 amide bonds. The second-order valence-electron chi connectivity index (χ2n) is 5.94. The van der Waals surface area contributed by atoms with Gasteiger partial charge in [0, 0.05) is 0 Å². The van der Waals surface area contributed by atoms with Gasteiger partial charge in [-0.25, -0.2) is 0 Å². The molecular weight excluding hydrogens is 212 g/mol. The number of hydrogen-bond donors (Lipinski definition) is 0. The van der Waals surface area contributed by atoms with E-state index in [0.717, 1.165) is 5.56 Å². The van der Waals surface area contributed by atoms with Crippen molar-refractivity contribution in [2.75, 3.05) is 7.11 Å². The topological polar surface area (TPSA) is 26.3 Å². The van der Waals surface area contributed by atoms with Gasteiger partial charge in [0.2, 0.25) is 0 Å². The summed E-state index contributed by atoms with van der Waals surface area (Å²) in [5.74, 6) is -0.207. The van der Waals surface area contributed by atoms with Crippen molar-refractivity contribution in [3.05, 3.63) is 35.4 Å². The van der Waals surface area contributed by atoms with Crippen molar-refractivity contribution in [3.63, 3.8) is 0 Å². The van der Waals surface area contributed by atoms with Gasteiger partial charge in [-0.2, -0.15) is 0 Å². The molecule has 0 aliphatic heterocycles. The van der Waals surface area contributed by atoms with E-state index in [1.54, 1.807) is 0 Å². The molecule has 2 heteroatoms. The molecule has 0 aromatic heterocycles. The Morgan fingerprint density at radius 1 is 0.941 bits per heavy atom. The van der Waals surface area contributed by atoms with Gasteiger partial charge in [-0.1, -0.05) is 45.0 Å². The number of methoxy groups -OCH3 is 1. The molecule has 0 N–H and O–H groups in total. The Morgan fingerprint density at radius 2 is 1.35 bits per heavy atom. The van der Waals surface area contributed by atoms with Crippen LogP contribution < -0.4 is 0 Å². The van der Waals surface area contributed by atoms with Gasteiger partial charge in [0.1, 0.15) is 0 Å². The number of benzene rings is 1. The molecule has 94 valence electrons. The first-order chi connectivity index (χ1) is 7.69. The van der Waals surface area contributed by atoms with E-state index in [1.165, 1.54) is 12.7 Å². The number of carbonyl (C=O) groups excluding carboxylic acids is 1. The maximum absolute atomic E-state index is 11.7. The minimum absolute atomic E-state index is 0.133. The largest absolute Gasteiger partial charge is 0.468 e. The van der Waals surface area contributed by atoms with Gasteiger partial charge >= 0.3 is 5.97 Å². The van der Waals surface area contributed by atoms with Crippen LogP contribution in [0.3, 0.4) is 0 Å². The van der Waals surface area contributed by atoms with Crippen LogP contribution >= 0.6 is 0 Å². The van der Waals surface area contributed by atoms with Crippen LogP contribution in [0.1, 0.15) is 45.7 Å². The van der Waals surface area contributed by atoms with Crippen molar-refractivity contribution in [2.45, 2.75) is 45.4 Å². The Hall–Kier alpha value is -1.31. The minimum Gasteiger partial charge on any atom is -0.468 e. The lowest BCUT2D eigenvalue weighted by atomic mass is 9.81. The summed E-state index contributed by atoms with van der Waals surface area (Å²) in [6, 6.07) is 8.19. The van der Waals surface area contributed by atoms with Crippen molar-refractivity contribution in [1.82, 2.24) is 0 Å². The maximum atomic E-state index is 11.7. The highest BCUT2D eigenvalue weighted by atomic mass is 16.5. The van der Waals surface area contributed by atoms with E-state index in [0.29, 0.717) is 0 Å². The zero-order chi connectivity index (χ0) is 13.3. The van der Waals surface area contributed by atoms with Crippen molar-refractivity contribution in [2.24, 2.45) is 0 Å². The van der Waals surface area contributed by atoms with E-state index in [1.807, 2.05) is 26.0 Å². The quantitative estimate of drug-likeness (QED) is 0.733. The van der Waals surface area contributed by atoms with E-state index in [4.69, 9.17) is 4.74 Å². The average molecular weight is 234 g/mol. The molecule has 0 heterocycles. The number of carbonyl (C=O) groups is 1. The fraction of sp³-hybridized carbons (Fsp3) is 0.533. The average Bonchev–Trinajstić information content (AvgIpc) is 2.27. The van der Waals surface area contributed by atoms with Crippen molar-refractivity contribution < 1.29 is 9.53 Å². The Morgan fingerprint density at radius 3 is 1.71 bits per heavy atom. The third kappa shape index (κ3) is 2.87. The van der Waals surface area contributed by atoms with Crippen LogP contribution in [-0.4, -0.2) is 13.1 Å². The standard InChI is InChI=1S/C15H22O2/c1-14(2,3)11-7-9-12(10-8-11)15(4,5)13(16)17-6/h7-10H,1-6H3. The molecule has 1 aromatic carbocycles. The fourth-order valence-electron chi connectivity index (χ4n) is 1.76. The number of esters is 1. The van der Waals surface area contributed by atoms with Crippen LogP contribution in [0.15, 0.2) is 24.3 Å². The van der Waals surface area contributed by atoms with E-state index in [9.17, 15) is 4.79 Å². The summed E-state index contributed by atoms with van der Waals surface area (Å²) < 4.78 is 4.83. The van der Waals surface area contributed by atoms with E-state index in [-0.39, 0.29) is 11.4 Å². The number of ether oxygens (including phenoxy) is 1. The van der Waals surface area contributed by atoms with Gasteiger partial charge in [-0.05, 0) is 30.4 Å². The molecule has 1 aromatic rings. The number of rotatable bonds is 2. The molecule has 0 unspecified atom stereocenters. The maximum Gasteiger partial charge on any atom is 0.315 e. The molecule has 1 rings (SSSR count). The molecule has 0 atom stereocenters.